The van der Waals surface area contributed by atoms with Gasteiger partial charge in [-0.3, -0.25) is 0 Å². The lowest BCUT2D eigenvalue weighted by molar-refractivity contribution is 0.0714. The van der Waals surface area contributed by atoms with Gasteiger partial charge in [0.25, 0.3) is 0 Å². The van der Waals surface area contributed by atoms with Gasteiger partial charge in [-0.1, -0.05) is 23.7 Å². The lowest BCUT2D eigenvalue weighted by Gasteiger charge is -2.28. The third kappa shape index (κ3) is 5.63. The van der Waals surface area contributed by atoms with Crippen molar-refractivity contribution in [1.29, 1.82) is 0 Å². The van der Waals surface area contributed by atoms with E-state index in [4.69, 9.17) is 24.9 Å². The topological polar surface area (TPSA) is 27.7 Å². The Kier molecular flexibility index (Phi) is 7.64. The molecule has 0 atom stereocenters. The molecule has 0 radical (unpaired) electrons. The Morgan fingerprint density at radius 3 is 1.79 bits per heavy atom. The average molecular weight is 303 g/mol. The molecule has 0 aromatic heterocycles. The van der Waals surface area contributed by atoms with Gasteiger partial charge < -0.3 is 13.3 Å². The molecule has 0 N–H and O–H groups in total. The van der Waals surface area contributed by atoms with Crippen LogP contribution in [0, 0.1) is 0 Å². The first-order valence-electron chi connectivity index (χ1n) is 6.82. The van der Waals surface area contributed by atoms with Crippen LogP contribution in [-0.4, -0.2) is 28.6 Å². The van der Waals surface area contributed by atoms with Gasteiger partial charge in [0.15, 0.2) is 0 Å². The van der Waals surface area contributed by atoms with Crippen molar-refractivity contribution in [1.82, 2.24) is 0 Å². The zero-order valence-corrected chi connectivity index (χ0v) is 13.7. The number of rotatable bonds is 9. The molecule has 0 amide bonds. The molecule has 0 saturated carbocycles. The monoisotopic (exact) mass is 302 g/mol. The van der Waals surface area contributed by atoms with Gasteiger partial charge in [-0.15, -0.1) is 0 Å². The summed E-state index contributed by atoms with van der Waals surface area (Å²) in [5, 5.41) is 0.756. The molecule has 0 aliphatic rings. The van der Waals surface area contributed by atoms with Crippen LogP contribution in [0.5, 0.6) is 0 Å². The van der Waals surface area contributed by atoms with Crippen LogP contribution in [0.4, 0.5) is 0 Å². The fourth-order valence-electron chi connectivity index (χ4n) is 1.95. The highest BCUT2D eigenvalue weighted by Gasteiger charge is 2.39. The van der Waals surface area contributed by atoms with Crippen LogP contribution >= 0.6 is 11.6 Å². The second kappa shape index (κ2) is 8.71. The molecule has 19 heavy (non-hydrogen) atoms. The van der Waals surface area contributed by atoms with E-state index >= 15 is 0 Å². The highest BCUT2D eigenvalue weighted by molar-refractivity contribution is 6.60. The van der Waals surface area contributed by atoms with Crippen LogP contribution < -0.4 is 0 Å². The van der Waals surface area contributed by atoms with E-state index in [9.17, 15) is 0 Å². The Morgan fingerprint density at radius 1 is 0.895 bits per heavy atom. The Morgan fingerprint density at radius 2 is 1.37 bits per heavy atom. The molecule has 3 nitrogen and oxygen atoms in total. The zero-order chi connectivity index (χ0) is 14.1. The van der Waals surface area contributed by atoms with E-state index in [1.165, 1.54) is 5.56 Å². The average Bonchev–Trinajstić information content (AvgIpc) is 2.39. The molecule has 1 rings (SSSR count). The lowest BCUT2D eigenvalue weighted by atomic mass is 10.2. The fraction of sp³-hybridized carbons (Fsp3) is 0.571. The Balaban J connectivity index is 2.67. The quantitative estimate of drug-likeness (QED) is 0.647. The SMILES string of the molecule is CCO[Si](CCc1ccc(Cl)cc1)(OCC)OCC. The summed E-state index contributed by atoms with van der Waals surface area (Å²) >= 11 is 5.89. The predicted octanol–water partition coefficient (Wildman–Crippen LogP) is 3.93. The van der Waals surface area contributed by atoms with Crippen LogP contribution in [0.3, 0.4) is 0 Å². The van der Waals surface area contributed by atoms with E-state index in [1.54, 1.807) is 0 Å². The van der Waals surface area contributed by atoms with Crippen molar-refractivity contribution >= 4 is 20.4 Å². The van der Waals surface area contributed by atoms with Gasteiger partial charge in [0, 0.05) is 30.9 Å². The molecule has 5 heteroatoms. The molecule has 0 aliphatic heterocycles. The summed E-state index contributed by atoms with van der Waals surface area (Å²) in [6.45, 7) is 7.78. The van der Waals surface area contributed by atoms with Gasteiger partial charge in [-0.05, 0) is 44.9 Å². The standard InChI is InChI=1S/C14H23ClO3Si/c1-4-16-19(17-5-2,18-6-3)12-11-13-7-9-14(15)10-8-13/h7-10H,4-6,11-12H2,1-3H3. The second-order valence-corrected chi connectivity index (χ2v) is 7.28. The van der Waals surface area contributed by atoms with Crippen molar-refractivity contribution in [3.05, 3.63) is 34.9 Å². The van der Waals surface area contributed by atoms with Crippen molar-refractivity contribution in [2.24, 2.45) is 0 Å². The molecule has 0 aliphatic carbocycles. The molecule has 1 aromatic carbocycles. The summed E-state index contributed by atoms with van der Waals surface area (Å²) in [4.78, 5) is 0. The minimum Gasteiger partial charge on any atom is -0.374 e. The molecule has 0 heterocycles. The van der Waals surface area contributed by atoms with E-state index in [0.717, 1.165) is 17.5 Å². The Hall–Kier alpha value is -0.393. The first-order chi connectivity index (χ1) is 9.15. The maximum atomic E-state index is 5.89. The zero-order valence-electron chi connectivity index (χ0n) is 11.9. The maximum absolute atomic E-state index is 5.89. The van der Waals surface area contributed by atoms with Crippen LogP contribution in [0.2, 0.25) is 11.1 Å². The summed E-state index contributed by atoms with van der Waals surface area (Å²) in [5.41, 5.74) is 1.22. The van der Waals surface area contributed by atoms with Gasteiger partial charge in [0.1, 0.15) is 0 Å². The summed E-state index contributed by atoms with van der Waals surface area (Å²) in [5.74, 6) is 0. The first-order valence-corrected chi connectivity index (χ1v) is 9.13. The number of hydrogen-bond donors (Lipinski definition) is 0. The minimum absolute atomic E-state index is 0.618. The van der Waals surface area contributed by atoms with Crippen LogP contribution in [0.15, 0.2) is 24.3 Å². The Labute approximate surface area is 122 Å². The third-order valence-corrected chi connectivity index (χ3v) is 6.03. The van der Waals surface area contributed by atoms with E-state index < -0.39 is 8.80 Å². The van der Waals surface area contributed by atoms with E-state index in [2.05, 4.69) is 0 Å². The molecule has 1 aromatic rings. The van der Waals surface area contributed by atoms with Gasteiger partial charge in [0.05, 0.1) is 0 Å². The van der Waals surface area contributed by atoms with Gasteiger partial charge in [-0.2, -0.15) is 0 Å². The van der Waals surface area contributed by atoms with Crippen molar-refractivity contribution in [2.75, 3.05) is 19.8 Å². The molecule has 0 bridgehead atoms. The summed E-state index contributed by atoms with van der Waals surface area (Å²) in [7, 11) is -2.52. The predicted molar refractivity (Wildman–Crippen MR) is 80.6 cm³/mol. The summed E-state index contributed by atoms with van der Waals surface area (Å²) in [6.07, 6.45) is 0.878. The van der Waals surface area contributed by atoms with Crippen molar-refractivity contribution in [3.63, 3.8) is 0 Å². The van der Waals surface area contributed by atoms with Gasteiger partial charge >= 0.3 is 8.80 Å². The number of halogens is 1. The lowest BCUT2D eigenvalue weighted by Crippen LogP contribution is -2.46. The molecular weight excluding hydrogens is 280 g/mol. The first kappa shape index (κ1) is 16.7. The van der Waals surface area contributed by atoms with Gasteiger partial charge in [-0.25, -0.2) is 0 Å². The molecule has 0 unspecified atom stereocenters. The molecule has 0 spiro atoms. The smallest absolute Gasteiger partial charge is 0.374 e. The number of hydrogen-bond acceptors (Lipinski definition) is 3. The van der Waals surface area contributed by atoms with Gasteiger partial charge in [0.2, 0.25) is 0 Å². The fourth-order valence-corrected chi connectivity index (χ4v) is 4.67. The van der Waals surface area contributed by atoms with Crippen molar-refractivity contribution in [3.8, 4) is 0 Å². The normalized spacial score (nSPS) is 11.8. The van der Waals surface area contributed by atoms with E-state index in [-0.39, 0.29) is 0 Å². The molecular formula is C14H23ClO3Si. The van der Waals surface area contributed by atoms with Crippen LogP contribution in [0.25, 0.3) is 0 Å². The largest absolute Gasteiger partial charge is 0.501 e. The minimum atomic E-state index is -2.52. The molecule has 0 fully saturated rings. The van der Waals surface area contributed by atoms with Crippen LogP contribution in [0.1, 0.15) is 26.3 Å². The highest BCUT2D eigenvalue weighted by Crippen LogP contribution is 2.20. The maximum Gasteiger partial charge on any atom is 0.501 e. The number of aryl methyl sites for hydroxylation is 1. The second-order valence-electron chi connectivity index (χ2n) is 4.11. The highest BCUT2D eigenvalue weighted by atomic mass is 35.5. The summed E-state index contributed by atoms with van der Waals surface area (Å²) < 4.78 is 17.5. The van der Waals surface area contributed by atoms with Crippen molar-refractivity contribution < 1.29 is 13.3 Å². The summed E-state index contributed by atoms with van der Waals surface area (Å²) in [6, 6.07) is 8.67. The van der Waals surface area contributed by atoms with E-state index in [0.29, 0.717) is 19.8 Å². The van der Waals surface area contributed by atoms with Crippen molar-refractivity contribution in [2.45, 2.75) is 33.2 Å². The molecule has 0 saturated heterocycles. The Bertz CT molecular complexity index is 339. The van der Waals surface area contributed by atoms with E-state index in [1.807, 2.05) is 45.0 Å². The third-order valence-electron chi connectivity index (χ3n) is 2.73. The van der Waals surface area contributed by atoms with Crippen LogP contribution in [-0.2, 0) is 19.7 Å². The number of benzene rings is 1. The molecule has 108 valence electrons.